The molecule has 0 saturated carbocycles. The smallest absolute Gasteiger partial charge is 0.263 e. The summed E-state index contributed by atoms with van der Waals surface area (Å²) in [7, 11) is -3.88. The summed E-state index contributed by atoms with van der Waals surface area (Å²) in [5.74, 6) is -0.193. The van der Waals surface area contributed by atoms with Crippen LogP contribution in [0.3, 0.4) is 0 Å². The highest BCUT2D eigenvalue weighted by molar-refractivity contribution is 8.00. The number of aryl methyl sites for hydroxylation is 2. The van der Waals surface area contributed by atoms with Crippen LogP contribution in [0.5, 0.6) is 0 Å². The van der Waals surface area contributed by atoms with Gasteiger partial charge in [-0.3, -0.25) is 9.52 Å². The van der Waals surface area contributed by atoms with Gasteiger partial charge in [0, 0.05) is 11.4 Å². The molecule has 0 bridgehead atoms. The Bertz CT molecular complexity index is 1360. The van der Waals surface area contributed by atoms with E-state index in [-0.39, 0.29) is 27.5 Å². The summed E-state index contributed by atoms with van der Waals surface area (Å²) in [4.78, 5) is 17.0. The average molecular weight is 515 g/mol. The number of benzene rings is 1. The van der Waals surface area contributed by atoms with Crippen molar-refractivity contribution in [2.45, 2.75) is 35.6 Å². The molecule has 0 unspecified atom stereocenters. The predicted octanol–water partition coefficient (Wildman–Crippen LogP) is 3.81. The third-order valence-corrected chi connectivity index (χ3v) is 7.61. The molecular weight excluding hydrogens is 496 g/mol. The first-order chi connectivity index (χ1) is 16.3. The zero-order valence-electron chi connectivity index (χ0n) is 17.8. The van der Waals surface area contributed by atoms with Gasteiger partial charge in [-0.05, 0) is 73.7 Å². The van der Waals surface area contributed by atoms with Crippen molar-refractivity contribution < 1.29 is 13.2 Å². The van der Waals surface area contributed by atoms with Gasteiger partial charge in [-0.1, -0.05) is 23.4 Å². The third kappa shape index (κ3) is 5.83. The molecule has 9 nitrogen and oxygen atoms in total. The summed E-state index contributed by atoms with van der Waals surface area (Å²) in [6, 6.07) is 12.6. The van der Waals surface area contributed by atoms with Gasteiger partial charge in [0.15, 0.2) is 11.0 Å². The summed E-state index contributed by atoms with van der Waals surface area (Å²) >= 11 is 6.86. The number of nitrogens with one attached hydrogen (secondary N) is 2. The van der Waals surface area contributed by atoms with Gasteiger partial charge < -0.3 is 5.32 Å². The number of nitrogens with zero attached hydrogens (tertiary/aromatic N) is 4. The molecule has 0 radical (unpaired) electrons. The first-order valence-corrected chi connectivity index (χ1v) is 13.2. The van der Waals surface area contributed by atoms with E-state index in [0.29, 0.717) is 16.3 Å². The highest BCUT2D eigenvalue weighted by atomic mass is 35.5. The molecule has 0 atom stereocenters. The zero-order valence-corrected chi connectivity index (χ0v) is 20.2. The lowest BCUT2D eigenvalue weighted by Gasteiger charge is -2.16. The molecule has 174 valence electrons. The van der Waals surface area contributed by atoms with Crippen molar-refractivity contribution >= 4 is 50.8 Å². The number of hydrogen-bond donors (Lipinski definition) is 2. The molecule has 1 aliphatic rings. The molecule has 2 aromatic heterocycles. The van der Waals surface area contributed by atoms with Gasteiger partial charge in [-0.25, -0.2) is 13.4 Å². The molecule has 0 fully saturated rings. The van der Waals surface area contributed by atoms with Crippen LogP contribution in [0.15, 0.2) is 52.4 Å². The Morgan fingerprint density at radius 3 is 2.59 bits per heavy atom. The maximum atomic E-state index is 12.5. The number of carbonyl (C=O) groups is 1. The average Bonchev–Trinajstić information content (AvgIpc) is 2.83. The maximum Gasteiger partial charge on any atom is 0.263 e. The molecule has 1 amide bonds. The van der Waals surface area contributed by atoms with Crippen LogP contribution in [-0.4, -0.2) is 35.3 Å². The fourth-order valence-electron chi connectivity index (χ4n) is 3.42. The molecule has 2 N–H and O–H groups in total. The van der Waals surface area contributed by atoms with Crippen LogP contribution >= 0.6 is 23.4 Å². The molecular formula is C22H19ClN6O3S2. The number of aromatic nitrogens is 3. The monoisotopic (exact) mass is 514 g/mol. The Kier molecular flexibility index (Phi) is 7.31. The van der Waals surface area contributed by atoms with E-state index in [4.69, 9.17) is 11.6 Å². The number of pyridine rings is 1. The number of anilines is 2. The lowest BCUT2D eigenvalue weighted by molar-refractivity contribution is -0.113. The summed E-state index contributed by atoms with van der Waals surface area (Å²) in [5, 5.41) is 20.1. The number of rotatable bonds is 7. The van der Waals surface area contributed by atoms with Gasteiger partial charge in [0.2, 0.25) is 5.91 Å². The predicted molar refractivity (Wildman–Crippen MR) is 129 cm³/mol. The molecule has 1 aromatic carbocycles. The van der Waals surface area contributed by atoms with E-state index in [9.17, 15) is 18.5 Å². The largest absolute Gasteiger partial charge is 0.325 e. The molecule has 3 aromatic rings. The van der Waals surface area contributed by atoms with Crippen molar-refractivity contribution in [3.05, 3.63) is 64.4 Å². The maximum absolute atomic E-state index is 12.5. The quantitative estimate of drug-likeness (QED) is 0.454. The number of thioether (sulfide) groups is 1. The van der Waals surface area contributed by atoms with Gasteiger partial charge in [-0.15, -0.1) is 10.2 Å². The van der Waals surface area contributed by atoms with Gasteiger partial charge in [0.25, 0.3) is 10.0 Å². The number of fused-ring (bicyclic) bond motifs is 1. The van der Waals surface area contributed by atoms with Crippen molar-refractivity contribution in [3.63, 3.8) is 0 Å². The van der Waals surface area contributed by atoms with Crippen LogP contribution in [0.1, 0.15) is 29.7 Å². The molecule has 0 saturated heterocycles. The van der Waals surface area contributed by atoms with Crippen molar-refractivity contribution in [2.75, 3.05) is 15.8 Å². The summed E-state index contributed by atoms with van der Waals surface area (Å²) in [6.07, 6.45) is 3.98. The van der Waals surface area contributed by atoms with E-state index in [1.54, 1.807) is 0 Å². The van der Waals surface area contributed by atoms with E-state index < -0.39 is 10.0 Å². The van der Waals surface area contributed by atoms with Crippen LogP contribution in [0.4, 0.5) is 11.5 Å². The minimum Gasteiger partial charge on any atom is -0.325 e. The van der Waals surface area contributed by atoms with Crippen molar-refractivity contribution in [3.8, 4) is 6.07 Å². The number of halogens is 1. The Morgan fingerprint density at radius 2 is 1.88 bits per heavy atom. The summed E-state index contributed by atoms with van der Waals surface area (Å²) in [5.41, 5.74) is 3.04. The van der Waals surface area contributed by atoms with Crippen LogP contribution in [0, 0.1) is 11.3 Å². The SMILES string of the molecule is N#Cc1cc2c(nc1SCC(=O)Nc1ccc(S(=O)(=O)Nc3ccc(Cl)nn3)cc1)CCCC2. The molecule has 34 heavy (non-hydrogen) atoms. The first-order valence-electron chi connectivity index (χ1n) is 10.3. The van der Waals surface area contributed by atoms with Gasteiger partial charge in [0.1, 0.15) is 11.1 Å². The molecule has 1 aliphatic carbocycles. The standard InChI is InChI=1S/C22H19ClN6O3S2/c23-19-9-10-20(28-27-19)29-34(31,32)17-7-5-16(6-8-17)25-21(30)13-33-22-15(12-24)11-14-3-1-2-4-18(14)26-22/h5-11H,1-4,13H2,(H,25,30)(H,28,29). The molecule has 2 heterocycles. The third-order valence-electron chi connectivity index (χ3n) is 5.05. The minimum atomic E-state index is -3.88. The second-order valence-corrected chi connectivity index (χ2v) is 10.5. The summed E-state index contributed by atoms with van der Waals surface area (Å²) < 4.78 is 27.3. The van der Waals surface area contributed by atoms with Crippen LogP contribution in [0.2, 0.25) is 5.15 Å². The molecule has 0 aliphatic heterocycles. The number of amides is 1. The van der Waals surface area contributed by atoms with E-state index >= 15 is 0 Å². The first kappa shape index (κ1) is 23.9. The normalized spacial score (nSPS) is 12.9. The second-order valence-electron chi connectivity index (χ2n) is 7.47. The van der Waals surface area contributed by atoms with Crippen LogP contribution < -0.4 is 10.0 Å². The number of hydrogen-bond acceptors (Lipinski definition) is 8. The fraction of sp³-hybridized carbons (Fsp3) is 0.227. The Balaban J connectivity index is 1.37. The highest BCUT2D eigenvalue weighted by Crippen LogP contribution is 2.27. The molecule has 12 heteroatoms. The second kappa shape index (κ2) is 10.4. The van der Waals surface area contributed by atoms with Gasteiger partial charge in [-0.2, -0.15) is 5.26 Å². The van der Waals surface area contributed by atoms with Crippen LogP contribution in [0.25, 0.3) is 0 Å². The fourth-order valence-corrected chi connectivity index (χ4v) is 5.29. The van der Waals surface area contributed by atoms with E-state index in [0.717, 1.165) is 36.9 Å². The Morgan fingerprint density at radius 1 is 1.12 bits per heavy atom. The molecule has 4 rings (SSSR count). The Labute approximate surface area is 206 Å². The van der Waals surface area contributed by atoms with E-state index in [1.165, 1.54) is 48.2 Å². The number of carbonyl (C=O) groups excluding carboxylic acids is 1. The number of nitriles is 1. The zero-order chi connectivity index (χ0) is 24.1. The summed E-state index contributed by atoms with van der Waals surface area (Å²) in [6.45, 7) is 0. The van der Waals surface area contributed by atoms with Gasteiger partial charge in [0.05, 0.1) is 16.2 Å². The lowest BCUT2D eigenvalue weighted by Crippen LogP contribution is -2.16. The topological polar surface area (TPSA) is 138 Å². The Hall–Kier alpha value is -3.20. The highest BCUT2D eigenvalue weighted by Gasteiger charge is 2.18. The van der Waals surface area contributed by atoms with Crippen molar-refractivity contribution in [2.24, 2.45) is 0 Å². The van der Waals surface area contributed by atoms with Crippen molar-refractivity contribution in [1.29, 1.82) is 5.26 Å². The minimum absolute atomic E-state index is 0.00598. The lowest BCUT2D eigenvalue weighted by atomic mass is 9.95. The number of sulfonamides is 1. The van der Waals surface area contributed by atoms with E-state index in [1.807, 2.05) is 6.07 Å². The van der Waals surface area contributed by atoms with Crippen LogP contribution in [-0.2, 0) is 27.7 Å². The van der Waals surface area contributed by atoms with Crippen molar-refractivity contribution in [1.82, 2.24) is 15.2 Å². The molecule has 0 spiro atoms. The van der Waals surface area contributed by atoms with E-state index in [2.05, 4.69) is 31.3 Å². The van der Waals surface area contributed by atoms with Gasteiger partial charge >= 0.3 is 0 Å².